The van der Waals surface area contributed by atoms with Crippen LogP contribution in [0.5, 0.6) is 0 Å². The summed E-state index contributed by atoms with van der Waals surface area (Å²) in [6.07, 6.45) is 9.61. The van der Waals surface area contributed by atoms with Gasteiger partial charge in [-0.05, 0) is 66.1 Å². The van der Waals surface area contributed by atoms with E-state index in [9.17, 15) is 4.79 Å². The van der Waals surface area contributed by atoms with Crippen LogP contribution in [0.1, 0.15) is 23.7 Å². The third kappa shape index (κ3) is 2.36. The predicted molar refractivity (Wildman–Crippen MR) is 112 cm³/mol. The number of carbonyl (C=O) groups excluding carboxylic acids is 1. The Labute approximate surface area is 164 Å². The number of fused-ring (bicyclic) bond motifs is 2. The second-order valence-electron chi connectivity index (χ2n) is 7.51. The summed E-state index contributed by atoms with van der Waals surface area (Å²) in [4.78, 5) is 20.0. The lowest BCUT2D eigenvalue weighted by atomic mass is 9.85. The Morgan fingerprint density at radius 3 is 2.61 bits per heavy atom. The number of carbonyl (C=O) groups is 1. The fourth-order valence-electron chi connectivity index (χ4n) is 4.16. The number of hydrogen-bond donors (Lipinski definition) is 0. The Hall–Kier alpha value is -3.46. The highest BCUT2D eigenvalue weighted by atomic mass is 16.1. The van der Waals surface area contributed by atoms with E-state index in [-0.39, 0.29) is 5.78 Å². The van der Waals surface area contributed by atoms with Crippen molar-refractivity contribution in [3.63, 3.8) is 0 Å². The largest absolute Gasteiger partial charge is 0.325 e. The van der Waals surface area contributed by atoms with Crippen molar-refractivity contribution >= 4 is 22.3 Å². The van der Waals surface area contributed by atoms with Crippen LogP contribution in [0.3, 0.4) is 0 Å². The first-order chi connectivity index (χ1) is 13.6. The molecule has 0 fully saturated rings. The molecule has 0 N–H and O–H groups in total. The SMILES string of the molecule is CC1=CC2(c3cc(C)ccn3)C(=O)C=C(c3ccc4ccccc4c3)N2C=C1. The molecular formula is C25H20N2O. The standard InChI is InChI=1S/C25H20N2O/c1-17-9-11-26-23(13-17)25-16-18(2)10-12-27(25)22(15-24(25)28)21-8-7-19-5-3-4-6-20(19)14-21/h3-16H,1-2H3. The maximum atomic E-state index is 13.4. The number of aromatic nitrogens is 1. The van der Waals surface area contributed by atoms with Crippen LogP contribution in [0.25, 0.3) is 16.5 Å². The molecule has 0 radical (unpaired) electrons. The van der Waals surface area contributed by atoms with Crippen molar-refractivity contribution in [1.29, 1.82) is 0 Å². The van der Waals surface area contributed by atoms with Crippen LogP contribution in [-0.4, -0.2) is 15.7 Å². The summed E-state index contributed by atoms with van der Waals surface area (Å²) in [5.41, 5.74) is 3.92. The van der Waals surface area contributed by atoms with Gasteiger partial charge < -0.3 is 4.90 Å². The van der Waals surface area contributed by atoms with Gasteiger partial charge in [-0.3, -0.25) is 9.78 Å². The third-order valence-electron chi connectivity index (χ3n) is 5.56. The molecule has 3 aromatic rings. The van der Waals surface area contributed by atoms with E-state index in [4.69, 9.17) is 0 Å². The topological polar surface area (TPSA) is 33.2 Å². The third-order valence-corrected chi connectivity index (χ3v) is 5.56. The fraction of sp³-hybridized carbons (Fsp3) is 0.120. The van der Waals surface area contributed by atoms with E-state index in [0.29, 0.717) is 0 Å². The van der Waals surface area contributed by atoms with Gasteiger partial charge in [-0.25, -0.2) is 0 Å². The van der Waals surface area contributed by atoms with Crippen molar-refractivity contribution in [2.75, 3.05) is 0 Å². The van der Waals surface area contributed by atoms with Gasteiger partial charge in [-0.15, -0.1) is 0 Å². The van der Waals surface area contributed by atoms with E-state index in [1.807, 2.05) is 56.5 Å². The van der Waals surface area contributed by atoms with Gasteiger partial charge in [-0.2, -0.15) is 0 Å². The summed E-state index contributed by atoms with van der Waals surface area (Å²) in [6.45, 7) is 4.05. The highest BCUT2D eigenvalue weighted by Gasteiger charge is 2.50. The maximum absolute atomic E-state index is 13.4. The van der Waals surface area contributed by atoms with Gasteiger partial charge in [0.2, 0.25) is 0 Å². The Bertz CT molecular complexity index is 1220. The number of benzene rings is 2. The molecule has 2 aromatic carbocycles. The average molecular weight is 364 g/mol. The summed E-state index contributed by atoms with van der Waals surface area (Å²) in [5.74, 6) is 0.0393. The molecule has 1 unspecified atom stereocenters. The normalized spacial score (nSPS) is 20.9. The second kappa shape index (κ2) is 6.03. The van der Waals surface area contributed by atoms with E-state index in [1.54, 1.807) is 12.3 Å². The number of nitrogens with zero attached hydrogens (tertiary/aromatic N) is 2. The molecule has 0 spiro atoms. The number of ketones is 1. The van der Waals surface area contributed by atoms with Crippen LogP contribution in [0.15, 0.2) is 90.8 Å². The van der Waals surface area contributed by atoms with E-state index >= 15 is 0 Å². The van der Waals surface area contributed by atoms with Gasteiger partial charge >= 0.3 is 0 Å². The van der Waals surface area contributed by atoms with Crippen molar-refractivity contribution < 1.29 is 4.79 Å². The lowest BCUT2D eigenvalue weighted by molar-refractivity contribution is -0.120. The summed E-state index contributed by atoms with van der Waals surface area (Å²) < 4.78 is 0. The first-order valence-electron chi connectivity index (χ1n) is 9.43. The molecule has 0 saturated heterocycles. The molecule has 0 aliphatic carbocycles. The average Bonchev–Trinajstić information content (AvgIpc) is 3.00. The fourth-order valence-corrected chi connectivity index (χ4v) is 4.16. The molecule has 28 heavy (non-hydrogen) atoms. The number of allylic oxidation sites excluding steroid dienone is 2. The second-order valence-corrected chi connectivity index (χ2v) is 7.51. The Kier molecular flexibility index (Phi) is 3.59. The maximum Gasteiger partial charge on any atom is 0.193 e. The van der Waals surface area contributed by atoms with Crippen molar-refractivity contribution in [2.45, 2.75) is 19.4 Å². The van der Waals surface area contributed by atoms with E-state index in [0.717, 1.165) is 33.5 Å². The first kappa shape index (κ1) is 16.7. The summed E-state index contributed by atoms with van der Waals surface area (Å²) in [7, 11) is 0. The summed E-state index contributed by atoms with van der Waals surface area (Å²) >= 11 is 0. The minimum Gasteiger partial charge on any atom is -0.325 e. The van der Waals surface area contributed by atoms with Gasteiger partial charge in [0, 0.05) is 18.5 Å². The lowest BCUT2D eigenvalue weighted by Crippen LogP contribution is -2.44. The number of aryl methyl sites for hydroxylation is 1. The van der Waals surface area contributed by atoms with E-state index < -0.39 is 5.54 Å². The molecule has 1 aromatic heterocycles. The molecular weight excluding hydrogens is 344 g/mol. The van der Waals surface area contributed by atoms with Crippen LogP contribution >= 0.6 is 0 Å². The molecule has 0 saturated carbocycles. The quantitative estimate of drug-likeness (QED) is 0.631. The van der Waals surface area contributed by atoms with Crippen LogP contribution < -0.4 is 0 Å². The zero-order chi connectivity index (χ0) is 19.3. The van der Waals surface area contributed by atoms with Crippen molar-refractivity contribution in [3.8, 4) is 0 Å². The molecule has 1 atom stereocenters. The van der Waals surface area contributed by atoms with Gasteiger partial charge in [0.1, 0.15) is 0 Å². The van der Waals surface area contributed by atoms with Crippen molar-refractivity contribution in [2.24, 2.45) is 0 Å². The zero-order valence-corrected chi connectivity index (χ0v) is 15.9. The van der Waals surface area contributed by atoms with Gasteiger partial charge in [-0.1, -0.05) is 42.0 Å². The van der Waals surface area contributed by atoms with Crippen molar-refractivity contribution in [3.05, 3.63) is 108 Å². The highest BCUT2D eigenvalue weighted by molar-refractivity contribution is 6.10. The Morgan fingerprint density at radius 2 is 1.79 bits per heavy atom. The van der Waals surface area contributed by atoms with Gasteiger partial charge in [0.05, 0.1) is 11.4 Å². The molecule has 3 nitrogen and oxygen atoms in total. The van der Waals surface area contributed by atoms with Gasteiger partial charge in [0.25, 0.3) is 0 Å². The Balaban J connectivity index is 1.69. The minimum absolute atomic E-state index is 0.0393. The summed E-state index contributed by atoms with van der Waals surface area (Å²) in [6, 6.07) is 18.6. The smallest absolute Gasteiger partial charge is 0.193 e. The predicted octanol–water partition coefficient (Wildman–Crippen LogP) is 5.14. The lowest BCUT2D eigenvalue weighted by Gasteiger charge is -2.38. The molecule has 5 rings (SSSR count). The minimum atomic E-state index is -0.911. The van der Waals surface area contributed by atoms with Gasteiger partial charge in [0.15, 0.2) is 11.3 Å². The molecule has 0 bridgehead atoms. The number of pyridine rings is 1. The highest BCUT2D eigenvalue weighted by Crippen LogP contribution is 2.45. The number of rotatable bonds is 2. The first-order valence-corrected chi connectivity index (χ1v) is 9.43. The van der Waals surface area contributed by atoms with Crippen LogP contribution in [0, 0.1) is 6.92 Å². The zero-order valence-electron chi connectivity index (χ0n) is 15.9. The molecule has 3 heterocycles. The van der Waals surface area contributed by atoms with Crippen LogP contribution in [-0.2, 0) is 10.3 Å². The van der Waals surface area contributed by atoms with E-state index in [1.165, 1.54) is 5.39 Å². The molecule has 136 valence electrons. The Morgan fingerprint density at radius 1 is 0.964 bits per heavy atom. The monoisotopic (exact) mass is 364 g/mol. The van der Waals surface area contributed by atoms with Crippen LogP contribution in [0.4, 0.5) is 0 Å². The number of hydrogen-bond acceptors (Lipinski definition) is 3. The molecule has 0 amide bonds. The molecule has 3 heteroatoms. The van der Waals surface area contributed by atoms with Crippen LogP contribution in [0.2, 0.25) is 0 Å². The molecule has 2 aliphatic heterocycles. The summed E-state index contributed by atoms with van der Waals surface area (Å²) in [5, 5.41) is 2.35. The van der Waals surface area contributed by atoms with Crippen molar-refractivity contribution in [1.82, 2.24) is 9.88 Å². The molecule has 2 aliphatic rings. The van der Waals surface area contributed by atoms with E-state index in [2.05, 4.69) is 40.2 Å².